The van der Waals surface area contributed by atoms with Gasteiger partial charge in [-0.15, -0.1) is 0 Å². The topological polar surface area (TPSA) is 52.5 Å². The Morgan fingerprint density at radius 3 is 2.67 bits per heavy atom. The SMILES string of the molecule is CCC(C)C1NC(O)=CC1O.[Ca+2].[H-].[H-]. The Morgan fingerprint density at radius 2 is 2.33 bits per heavy atom. The first-order valence-electron chi connectivity index (χ1n) is 4.00. The van der Waals surface area contributed by atoms with Crippen molar-refractivity contribution in [3.05, 3.63) is 12.0 Å². The van der Waals surface area contributed by atoms with Gasteiger partial charge in [0.2, 0.25) is 0 Å². The Morgan fingerprint density at radius 1 is 1.75 bits per heavy atom. The van der Waals surface area contributed by atoms with Gasteiger partial charge in [0.25, 0.3) is 0 Å². The third kappa shape index (κ3) is 2.80. The van der Waals surface area contributed by atoms with Gasteiger partial charge in [-0.25, -0.2) is 0 Å². The third-order valence-corrected chi connectivity index (χ3v) is 2.27. The Labute approximate surface area is 106 Å². The Kier molecular flexibility index (Phi) is 5.57. The van der Waals surface area contributed by atoms with Crippen molar-refractivity contribution < 1.29 is 13.1 Å². The normalized spacial score (nSPS) is 30.1. The quantitative estimate of drug-likeness (QED) is 0.571. The molecule has 0 bridgehead atoms. The van der Waals surface area contributed by atoms with Crippen molar-refractivity contribution in [1.29, 1.82) is 0 Å². The number of aliphatic hydroxyl groups excluding tert-OH is 2. The molecule has 1 aliphatic rings. The van der Waals surface area contributed by atoms with E-state index in [0.29, 0.717) is 5.92 Å². The van der Waals surface area contributed by atoms with E-state index in [2.05, 4.69) is 12.2 Å². The van der Waals surface area contributed by atoms with Gasteiger partial charge >= 0.3 is 37.7 Å². The summed E-state index contributed by atoms with van der Waals surface area (Å²) >= 11 is 0. The first-order valence-corrected chi connectivity index (χ1v) is 4.00. The third-order valence-electron chi connectivity index (χ3n) is 2.27. The molecule has 3 nitrogen and oxygen atoms in total. The molecule has 0 saturated heterocycles. The Hall–Kier alpha value is 0.560. The molecule has 0 aromatic heterocycles. The van der Waals surface area contributed by atoms with Crippen molar-refractivity contribution in [3.8, 4) is 0 Å². The molecule has 0 aliphatic carbocycles. The van der Waals surface area contributed by atoms with Gasteiger partial charge in [-0.2, -0.15) is 0 Å². The molecule has 0 amide bonds. The molecule has 3 unspecified atom stereocenters. The van der Waals surface area contributed by atoms with Crippen LogP contribution in [0.15, 0.2) is 12.0 Å². The van der Waals surface area contributed by atoms with Crippen LogP contribution < -0.4 is 5.32 Å². The summed E-state index contributed by atoms with van der Waals surface area (Å²) in [5.74, 6) is 0.480. The maximum Gasteiger partial charge on any atom is 2.00 e. The standard InChI is InChI=1S/C8H15NO2.Ca.2H/c1-3-5(2)8-6(10)4-7(11)9-8;;;/h4-6,8-11H,3H2,1-2H3;;;/q;+2;2*-1. The van der Waals surface area contributed by atoms with E-state index in [1.54, 1.807) is 0 Å². The van der Waals surface area contributed by atoms with Gasteiger partial charge in [0.1, 0.15) is 0 Å². The number of hydrogen-bond donors (Lipinski definition) is 3. The average Bonchev–Trinajstić information content (AvgIpc) is 2.28. The van der Waals surface area contributed by atoms with Gasteiger partial charge < -0.3 is 18.4 Å². The molecular weight excluding hydrogens is 182 g/mol. The number of aliphatic hydroxyl groups is 2. The smallest absolute Gasteiger partial charge is 1.00 e. The fraction of sp³-hybridized carbons (Fsp3) is 0.750. The predicted octanol–water partition coefficient (Wildman–Crippen LogP) is 0.609. The van der Waals surface area contributed by atoms with Gasteiger partial charge in [-0.1, -0.05) is 20.3 Å². The summed E-state index contributed by atoms with van der Waals surface area (Å²) in [5, 5.41) is 21.2. The van der Waals surface area contributed by atoms with Crippen LogP contribution >= 0.6 is 0 Å². The minimum atomic E-state index is -0.537. The summed E-state index contributed by atoms with van der Waals surface area (Å²) in [4.78, 5) is 0. The monoisotopic (exact) mass is 199 g/mol. The maximum atomic E-state index is 9.36. The molecule has 0 radical (unpaired) electrons. The number of hydrogen-bond acceptors (Lipinski definition) is 3. The summed E-state index contributed by atoms with van der Waals surface area (Å²) in [6.07, 6.45) is 1.90. The van der Waals surface area contributed by atoms with E-state index in [9.17, 15) is 5.11 Å². The van der Waals surface area contributed by atoms with Crippen molar-refractivity contribution in [2.24, 2.45) is 5.92 Å². The van der Waals surface area contributed by atoms with Crippen molar-refractivity contribution >= 4 is 37.7 Å². The Balaban J connectivity index is -0.000000403. The zero-order valence-corrected chi connectivity index (χ0v) is 9.83. The Bertz CT molecular complexity index is 181. The van der Waals surface area contributed by atoms with E-state index in [0.717, 1.165) is 6.42 Å². The second kappa shape index (κ2) is 5.32. The summed E-state index contributed by atoms with van der Waals surface area (Å²) in [5.41, 5.74) is 0. The van der Waals surface area contributed by atoms with Crippen LogP contribution in [-0.2, 0) is 0 Å². The van der Waals surface area contributed by atoms with Gasteiger partial charge in [0, 0.05) is 6.08 Å². The van der Waals surface area contributed by atoms with Crippen molar-refractivity contribution in [2.75, 3.05) is 0 Å². The zero-order chi connectivity index (χ0) is 8.43. The average molecular weight is 199 g/mol. The molecule has 0 fully saturated rings. The number of rotatable bonds is 2. The van der Waals surface area contributed by atoms with Crippen LogP contribution in [-0.4, -0.2) is 60.1 Å². The van der Waals surface area contributed by atoms with Gasteiger partial charge in [-0.05, 0) is 5.92 Å². The first kappa shape index (κ1) is 12.6. The van der Waals surface area contributed by atoms with Crippen LogP contribution in [0.25, 0.3) is 0 Å². The van der Waals surface area contributed by atoms with E-state index in [4.69, 9.17) is 5.11 Å². The number of nitrogens with one attached hydrogen (secondary N) is 1. The molecule has 0 spiro atoms. The zero-order valence-electron chi connectivity index (χ0n) is 9.62. The van der Waals surface area contributed by atoms with Crippen LogP contribution in [0.4, 0.5) is 0 Å². The van der Waals surface area contributed by atoms with E-state index >= 15 is 0 Å². The summed E-state index contributed by atoms with van der Waals surface area (Å²) < 4.78 is 0. The minimum Gasteiger partial charge on any atom is -1.00 e. The first-order chi connectivity index (χ1) is 5.15. The van der Waals surface area contributed by atoms with E-state index in [-0.39, 0.29) is 52.5 Å². The largest absolute Gasteiger partial charge is 2.00 e. The fourth-order valence-corrected chi connectivity index (χ4v) is 1.30. The van der Waals surface area contributed by atoms with Crippen molar-refractivity contribution in [1.82, 2.24) is 5.32 Å². The minimum absolute atomic E-state index is 0. The van der Waals surface area contributed by atoms with Crippen LogP contribution in [0.3, 0.4) is 0 Å². The van der Waals surface area contributed by atoms with E-state index in [1.807, 2.05) is 6.92 Å². The molecule has 4 heteroatoms. The second-order valence-corrected chi connectivity index (χ2v) is 3.10. The van der Waals surface area contributed by atoms with E-state index in [1.165, 1.54) is 6.08 Å². The summed E-state index contributed by atoms with van der Waals surface area (Å²) in [6, 6.07) is -0.0139. The van der Waals surface area contributed by atoms with Crippen molar-refractivity contribution in [3.63, 3.8) is 0 Å². The summed E-state index contributed by atoms with van der Waals surface area (Å²) in [6.45, 7) is 4.11. The van der Waals surface area contributed by atoms with E-state index < -0.39 is 6.10 Å². The van der Waals surface area contributed by atoms with Crippen molar-refractivity contribution in [2.45, 2.75) is 32.4 Å². The molecule has 3 atom stereocenters. The van der Waals surface area contributed by atoms with Gasteiger partial charge in [0.15, 0.2) is 5.88 Å². The van der Waals surface area contributed by atoms with Crippen LogP contribution in [0, 0.1) is 5.92 Å². The molecule has 12 heavy (non-hydrogen) atoms. The molecular formula is C8H17CaNO2. The van der Waals surface area contributed by atoms with Crippen LogP contribution in [0.1, 0.15) is 23.1 Å². The van der Waals surface area contributed by atoms with Crippen LogP contribution in [0.5, 0.6) is 0 Å². The van der Waals surface area contributed by atoms with Gasteiger partial charge in [0.05, 0.1) is 12.1 Å². The fourth-order valence-electron chi connectivity index (χ4n) is 1.30. The molecule has 0 aromatic rings. The van der Waals surface area contributed by atoms with Gasteiger partial charge in [-0.3, -0.25) is 0 Å². The molecule has 3 N–H and O–H groups in total. The van der Waals surface area contributed by atoms with Crippen LogP contribution in [0.2, 0.25) is 0 Å². The molecule has 1 aliphatic heterocycles. The second-order valence-electron chi connectivity index (χ2n) is 3.10. The molecule has 0 saturated carbocycles. The summed E-state index contributed by atoms with van der Waals surface area (Å²) in [7, 11) is 0. The molecule has 1 heterocycles. The molecule has 0 aromatic carbocycles. The maximum absolute atomic E-state index is 9.36. The molecule has 1 rings (SSSR count). The molecule has 68 valence electrons. The predicted molar refractivity (Wildman–Crippen MR) is 51.1 cm³/mol.